The van der Waals surface area contributed by atoms with Gasteiger partial charge in [0.25, 0.3) is 0 Å². The minimum Gasteiger partial charge on any atom is -0.481 e. The van der Waals surface area contributed by atoms with Crippen molar-refractivity contribution < 1.29 is 19.4 Å². The lowest BCUT2D eigenvalue weighted by atomic mass is 10.0. The quantitative estimate of drug-likeness (QED) is 0.0934. The van der Waals surface area contributed by atoms with Crippen LogP contribution in [0.15, 0.2) is 0 Å². The molecule has 202 valence electrons. The first kappa shape index (κ1) is 32.9. The molecule has 0 aliphatic heterocycles. The largest absolute Gasteiger partial charge is 0.481 e. The van der Waals surface area contributed by atoms with Gasteiger partial charge in [-0.15, -0.1) is 0 Å². The fraction of sp³-hybridized carbons (Fsp3) is 0.933. The molecule has 34 heavy (non-hydrogen) atoms. The van der Waals surface area contributed by atoms with Crippen molar-refractivity contribution in [1.82, 2.24) is 0 Å². The SMILES string of the molecule is CCCCCCCCCCCCCCC(=O)OC(CCCCCCCC)CCCCCC(=O)O. The number of rotatable bonds is 27. The lowest BCUT2D eigenvalue weighted by molar-refractivity contribution is -0.150. The number of hydrogen-bond acceptors (Lipinski definition) is 3. The van der Waals surface area contributed by atoms with Crippen LogP contribution in [0, 0.1) is 0 Å². The Balaban J connectivity index is 3.89. The predicted molar refractivity (Wildman–Crippen MR) is 144 cm³/mol. The van der Waals surface area contributed by atoms with Gasteiger partial charge < -0.3 is 9.84 Å². The van der Waals surface area contributed by atoms with Gasteiger partial charge in [-0.2, -0.15) is 0 Å². The zero-order chi connectivity index (χ0) is 25.1. The molecule has 0 fully saturated rings. The molecule has 0 amide bonds. The van der Waals surface area contributed by atoms with Crippen molar-refractivity contribution in [3.8, 4) is 0 Å². The summed E-state index contributed by atoms with van der Waals surface area (Å²) in [5.41, 5.74) is 0. The fourth-order valence-corrected chi connectivity index (χ4v) is 4.59. The number of carboxylic acids is 1. The molecule has 1 N–H and O–H groups in total. The molecule has 0 saturated carbocycles. The van der Waals surface area contributed by atoms with E-state index in [9.17, 15) is 9.59 Å². The molecule has 0 heterocycles. The van der Waals surface area contributed by atoms with Crippen LogP contribution in [0.5, 0.6) is 0 Å². The Morgan fingerprint density at radius 1 is 0.529 bits per heavy atom. The van der Waals surface area contributed by atoms with E-state index in [1.807, 2.05) is 0 Å². The van der Waals surface area contributed by atoms with Crippen LogP contribution in [0.3, 0.4) is 0 Å². The number of unbranched alkanes of at least 4 members (excludes halogenated alkanes) is 18. The minimum absolute atomic E-state index is 0.0147. The highest BCUT2D eigenvalue weighted by molar-refractivity contribution is 5.69. The van der Waals surface area contributed by atoms with Crippen LogP contribution in [-0.4, -0.2) is 23.1 Å². The summed E-state index contributed by atoms with van der Waals surface area (Å²) in [6.07, 6.45) is 28.2. The minimum atomic E-state index is -0.725. The van der Waals surface area contributed by atoms with Gasteiger partial charge in [0.05, 0.1) is 0 Å². The molecule has 0 bridgehead atoms. The van der Waals surface area contributed by atoms with Crippen LogP contribution >= 0.6 is 0 Å². The second kappa shape index (κ2) is 26.5. The maximum Gasteiger partial charge on any atom is 0.306 e. The van der Waals surface area contributed by atoms with Gasteiger partial charge in [0, 0.05) is 12.8 Å². The van der Waals surface area contributed by atoms with Crippen molar-refractivity contribution in [2.45, 2.75) is 180 Å². The summed E-state index contributed by atoms with van der Waals surface area (Å²) in [6, 6.07) is 0. The monoisotopic (exact) mass is 482 g/mol. The standard InChI is InChI=1S/C30H58O4/c1-3-5-7-9-11-12-13-14-15-16-18-23-27-30(33)34-28(24-20-17-10-8-6-4-2)25-21-19-22-26-29(31)32/h28H,3-27H2,1-2H3,(H,31,32). The fourth-order valence-electron chi connectivity index (χ4n) is 4.59. The summed E-state index contributed by atoms with van der Waals surface area (Å²) < 4.78 is 5.85. The van der Waals surface area contributed by atoms with Gasteiger partial charge in [0.2, 0.25) is 0 Å². The van der Waals surface area contributed by atoms with Crippen molar-refractivity contribution in [1.29, 1.82) is 0 Å². The Labute approximate surface area is 212 Å². The Bertz CT molecular complexity index is 449. The lowest BCUT2D eigenvalue weighted by Gasteiger charge is -2.18. The number of aliphatic carboxylic acids is 1. The maximum atomic E-state index is 12.4. The van der Waals surface area contributed by atoms with Crippen LogP contribution in [0.4, 0.5) is 0 Å². The van der Waals surface area contributed by atoms with Crippen molar-refractivity contribution in [2.24, 2.45) is 0 Å². The van der Waals surface area contributed by atoms with Crippen molar-refractivity contribution >= 4 is 11.9 Å². The Morgan fingerprint density at radius 3 is 1.32 bits per heavy atom. The molecule has 0 aromatic rings. The number of hydrogen-bond donors (Lipinski definition) is 1. The summed E-state index contributed by atoms with van der Waals surface area (Å²) in [5.74, 6) is -0.758. The normalized spacial score (nSPS) is 12.1. The third kappa shape index (κ3) is 25.6. The van der Waals surface area contributed by atoms with Crippen LogP contribution in [0.1, 0.15) is 174 Å². The van der Waals surface area contributed by atoms with E-state index in [1.165, 1.54) is 96.3 Å². The molecule has 1 unspecified atom stereocenters. The van der Waals surface area contributed by atoms with Gasteiger partial charge in [-0.05, 0) is 38.5 Å². The number of ether oxygens (including phenoxy) is 1. The average molecular weight is 483 g/mol. The molecule has 4 nitrogen and oxygen atoms in total. The van der Waals surface area contributed by atoms with Gasteiger partial charge >= 0.3 is 11.9 Å². The molecule has 0 aliphatic rings. The van der Waals surface area contributed by atoms with Crippen molar-refractivity contribution in [2.75, 3.05) is 0 Å². The molecule has 0 aromatic heterocycles. The number of carbonyl (C=O) groups is 2. The first-order valence-electron chi connectivity index (χ1n) is 15.0. The van der Waals surface area contributed by atoms with E-state index in [2.05, 4.69) is 13.8 Å². The number of carboxylic acid groups (broad SMARTS) is 1. The van der Waals surface area contributed by atoms with E-state index in [0.717, 1.165) is 44.9 Å². The lowest BCUT2D eigenvalue weighted by Crippen LogP contribution is -2.18. The number of esters is 1. The summed E-state index contributed by atoms with van der Waals surface area (Å²) >= 11 is 0. The third-order valence-corrected chi connectivity index (χ3v) is 6.83. The van der Waals surface area contributed by atoms with Crippen LogP contribution in [-0.2, 0) is 14.3 Å². The summed E-state index contributed by atoms with van der Waals surface area (Å²) in [4.78, 5) is 23.1. The second-order valence-electron chi connectivity index (χ2n) is 10.3. The first-order valence-corrected chi connectivity index (χ1v) is 15.0. The van der Waals surface area contributed by atoms with Crippen LogP contribution in [0.2, 0.25) is 0 Å². The van der Waals surface area contributed by atoms with Gasteiger partial charge in [-0.1, -0.05) is 123 Å². The van der Waals surface area contributed by atoms with Crippen LogP contribution < -0.4 is 0 Å². The van der Waals surface area contributed by atoms with E-state index < -0.39 is 5.97 Å². The molecule has 1 atom stereocenters. The molecule has 0 saturated heterocycles. The molecular formula is C30H58O4. The molecule has 0 rings (SSSR count). The smallest absolute Gasteiger partial charge is 0.306 e. The maximum absolute atomic E-state index is 12.4. The van der Waals surface area contributed by atoms with E-state index in [-0.39, 0.29) is 18.5 Å². The molecule has 0 spiro atoms. The Hall–Kier alpha value is -1.06. The first-order chi connectivity index (χ1) is 16.6. The average Bonchev–Trinajstić information content (AvgIpc) is 2.81. The van der Waals surface area contributed by atoms with Gasteiger partial charge in [0.15, 0.2) is 0 Å². The van der Waals surface area contributed by atoms with Crippen molar-refractivity contribution in [3.05, 3.63) is 0 Å². The number of carbonyl (C=O) groups excluding carboxylic acids is 1. The highest BCUT2D eigenvalue weighted by Crippen LogP contribution is 2.18. The zero-order valence-corrected chi connectivity index (χ0v) is 22.9. The molecule has 0 radical (unpaired) electrons. The topological polar surface area (TPSA) is 63.6 Å². The van der Waals surface area contributed by atoms with Crippen LogP contribution in [0.25, 0.3) is 0 Å². The molecular weight excluding hydrogens is 424 g/mol. The highest BCUT2D eigenvalue weighted by Gasteiger charge is 2.14. The van der Waals surface area contributed by atoms with Crippen molar-refractivity contribution in [3.63, 3.8) is 0 Å². The van der Waals surface area contributed by atoms with E-state index in [4.69, 9.17) is 9.84 Å². The van der Waals surface area contributed by atoms with E-state index >= 15 is 0 Å². The zero-order valence-electron chi connectivity index (χ0n) is 22.9. The predicted octanol–water partition coefficient (Wildman–Crippen LogP) is 9.78. The molecule has 4 heteroatoms. The molecule has 0 aromatic carbocycles. The van der Waals surface area contributed by atoms with E-state index in [0.29, 0.717) is 12.8 Å². The molecule has 0 aliphatic carbocycles. The van der Waals surface area contributed by atoms with E-state index in [1.54, 1.807) is 0 Å². The van der Waals surface area contributed by atoms with Gasteiger partial charge in [0.1, 0.15) is 6.10 Å². The van der Waals surface area contributed by atoms with Gasteiger partial charge in [-0.3, -0.25) is 9.59 Å². The Morgan fingerprint density at radius 2 is 0.882 bits per heavy atom. The summed E-state index contributed by atoms with van der Waals surface area (Å²) in [7, 11) is 0. The summed E-state index contributed by atoms with van der Waals surface area (Å²) in [6.45, 7) is 4.50. The third-order valence-electron chi connectivity index (χ3n) is 6.83. The second-order valence-corrected chi connectivity index (χ2v) is 10.3. The Kier molecular flexibility index (Phi) is 25.7. The van der Waals surface area contributed by atoms with Gasteiger partial charge in [-0.25, -0.2) is 0 Å². The summed E-state index contributed by atoms with van der Waals surface area (Å²) in [5, 5.41) is 8.79. The highest BCUT2D eigenvalue weighted by atomic mass is 16.5.